The monoisotopic (exact) mass is 358 g/mol. The third-order valence-corrected chi connectivity index (χ3v) is 4.65. The number of halogens is 1. The number of nitrogens with one attached hydrogen (secondary N) is 1. The lowest BCUT2D eigenvalue weighted by atomic mass is 10.1. The van der Waals surface area contributed by atoms with E-state index in [9.17, 15) is 14.7 Å². The molecule has 1 aliphatic rings. The maximum absolute atomic E-state index is 9.53. The predicted octanol–water partition coefficient (Wildman–Crippen LogP) is -0.119. The van der Waals surface area contributed by atoms with Crippen molar-refractivity contribution in [2.75, 3.05) is 20.1 Å². The van der Waals surface area contributed by atoms with Gasteiger partial charge in [-0.05, 0) is 18.2 Å². The molecule has 0 atom stereocenters. The highest BCUT2D eigenvalue weighted by molar-refractivity contribution is 7.99. The second-order valence-electron chi connectivity index (χ2n) is 5.08. The van der Waals surface area contributed by atoms with E-state index in [4.69, 9.17) is 16.7 Å². The topological polar surface area (TPSA) is 94.8 Å². The molecule has 2 heterocycles. The largest absolute Gasteiger partial charge is 0.545 e. The molecule has 8 heteroatoms. The lowest BCUT2D eigenvalue weighted by molar-refractivity contribution is -0.884. The molecule has 6 nitrogen and oxygen atoms in total. The molecule has 1 saturated heterocycles. The van der Waals surface area contributed by atoms with E-state index in [1.807, 2.05) is 23.9 Å². The number of nitrogens with zero attached hydrogens (tertiary/aromatic N) is 1. The normalized spacial score (nSPS) is 20.6. The van der Waals surface area contributed by atoms with Crippen LogP contribution in [-0.2, 0) is 9.59 Å². The van der Waals surface area contributed by atoms with Gasteiger partial charge in [0.05, 0.1) is 36.2 Å². The van der Waals surface area contributed by atoms with Crippen LogP contribution in [0, 0.1) is 0 Å². The fourth-order valence-corrected chi connectivity index (χ4v) is 3.13. The highest BCUT2D eigenvalue weighted by atomic mass is 35.5. The van der Waals surface area contributed by atoms with Crippen molar-refractivity contribution in [2.45, 2.75) is 23.1 Å². The Morgan fingerprint density at radius 3 is 2.48 bits per heavy atom. The van der Waals surface area contributed by atoms with Gasteiger partial charge in [-0.3, -0.25) is 0 Å². The van der Waals surface area contributed by atoms with Crippen LogP contribution in [0.3, 0.4) is 0 Å². The first-order valence-corrected chi connectivity index (χ1v) is 8.34. The Labute approximate surface area is 144 Å². The number of hydrogen-bond donors (Lipinski definition) is 2. The summed E-state index contributed by atoms with van der Waals surface area (Å²) >= 11 is 7.69. The van der Waals surface area contributed by atoms with Gasteiger partial charge < -0.3 is 19.9 Å². The van der Waals surface area contributed by atoms with Crippen molar-refractivity contribution in [1.29, 1.82) is 0 Å². The lowest BCUT2D eigenvalue weighted by Crippen LogP contribution is -3.10. The van der Waals surface area contributed by atoms with Crippen LogP contribution in [0.5, 0.6) is 0 Å². The van der Waals surface area contributed by atoms with Gasteiger partial charge >= 0.3 is 5.97 Å². The van der Waals surface area contributed by atoms with Gasteiger partial charge in [0.2, 0.25) is 0 Å². The minimum absolute atomic E-state index is 0.447. The third-order valence-electron chi connectivity index (χ3n) is 3.14. The minimum atomic E-state index is -1.51. The molecule has 1 aromatic rings. The second kappa shape index (κ2) is 10.3. The maximum atomic E-state index is 9.53. The van der Waals surface area contributed by atoms with Crippen LogP contribution in [-0.4, -0.2) is 47.4 Å². The fraction of sp³-hybridized carbons (Fsp3) is 0.400. The summed E-state index contributed by atoms with van der Waals surface area (Å²) in [6.07, 6.45) is 5.25. The van der Waals surface area contributed by atoms with Crippen molar-refractivity contribution in [2.24, 2.45) is 0 Å². The first kappa shape index (κ1) is 19.5. The van der Waals surface area contributed by atoms with Crippen molar-refractivity contribution in [1.82, 2.24) is 4.98 Å². The van der Waals surface area contributed by atoms with Crippen LogP contribution in [0.2, 0.25) is 5.02 Å². The van der Waals surface area contributed by atoms with E-state index in [0.29, 0.717) is 17.2 Å². The molecule has 2 rings (SSSR count). The molecule has 0 radical (unpaired) electrons. The first-order chi connectivity index (χ1) is 10.9. The number of quaternary nitrogens is 1. The van der Waals surface area contributed by atoms with Gasteiger partial charge in [-0.2, -0.15) is 0 Å². The summed E-state index contributed by atoms with van der Waals surface area (Å²) in [5, 5.41) is 19.8. The molecule has 1 fully saturated rings. The Balaban J connectivity index is 0.000000284. The van der Waals surface area contributed by atoms with E-state index < -0.39 is 11.9 Å². The van der Waals surface area contributed by atoms with Crippen LogP contribution in [0.1, 0.15) is 12.8 Å². The summed E-state index contributed by atoms with van der Waals surface area (Å²) in [5.74, 6) is -2.80. The smallest absolute Gasteiger partial charge is 0.328 e. The number of piperidine rings is 1. The number of thioether (sulfide) groups is 1. The molecule has 1 aromatic heterocycles. The Kier molecular flexibility index (Phi) is 8.68. The standard InChI is InChI=1S/C11H15ClN2S.C4H4O4/c1-14-6-4-10(5-7-14)15-11-3-2-9(12)8-13-11;5-3(6)1-2-4(7)8/h2-3,8,10H,4-7H2,1H3;1-2H,(H,5,6)(H,7,8)/b;2-1+. The molecular formula is C15H19ClN2O4S. The van der Waals surface area contributed by atoms with Gasteiger partial charge in [0.1, 0.15) is 0 Å². The first-order valence-electron chi connectivity index (χ1n) is 7.08. The van der Waals surface area contributed by atoms with Crippen molar-refractivity contribution in [3.05, 3.63) is 35.5 Å². The van der Waals surface area contributed by atoms with E-state index in [2.05, 4.69) is 12.0 Å². The van der Waals surface area contributed by atoms with Crippen LogP contribution >= 0.6 is 23.4 Å². The number of rotatable bonds is 4. The highest BCUT2D eigenvalue weighted by Gasteiger charge is 2.20. The summed E-state index contributed by atoms with van der Waals surface area (Å²) in [4.78, 5) is 24.9. The number of hydrogen-bond acceptors (Lipinski definition) is 5. The van der Waals surface area contributed by atoms with Gasteiger partial charge in [0, 0.05) is 30.4 Å². The van der Waals surface area contributed by atoms with Crippen molar-refractivity contribution in [3.63, 3.8) is 0 Å². The number of carbonyl (C=O) groups is 2. The van der Waals surface area contributed by atoms with Gasteiger partial charge in [-0.1, -0.05) is 11.6 Å². The van der Waals surface area contributed by atoms with Crippen LogP contribution < -0.4 is 10.0 Å². The number of carbonyl (C=O) groups excluding carboxylic acids is 1. The average Bonchev–Trinajstić information content (AvgIpc) is 2.50. The molecule has 2 N–H and O–H groups in total. The number of aromatic nitrogens is 1. The maximum Gasteiger partial charge on any atom is 0.328 e. The van der Waals surface area contributed by atoms with E-state index in [1.54, 1.807) is 11.1 Å². The molecule has 0 unspecified atom stereocenters. The fourth-order valence-electron chi connectivity index (χ4n) is 1.94. The minimum Gasteiger partial charge on any atom is -0.545 e. The Bertz CT molecular complexity index is 527. The molecule has 0 amide bonds. The summed E-state index contributed by atoms with van der Waals surface area (Å²) < 4.78 is 0. The molecule has 0 bridgehead atoms. The van der Waals surface area contributed by atoms with Gasteiger partial charge in [-0.25, -0.2) is 9.78 Å². The van der Waals surface area contributed by atoms with Crippen LogP contribution in [0.25, 0.3) is 0 Å². The zero-order chi connectivity index (χ0) is 17.2. The number of carboxylic acids is 2. The lowest BCUT2D eigenvalue weighted by Gasteiger charge is -2.25. The summed E-state index contributed by atoms with van der Waals surface area (Å²) in [5.41, 5.74) is 0. The quantitative estimate of drug-likeness (QED) is 0.729. The molecule has 0 saturated carbocycles. The van der Waals surface area contributed by atoms with Crippen molar-refractivity contribution >= 4 is 35.3 Å². The molecular weight excluding hydrogens is 340 g/mol. The Hall–Kier alpha value is -1.57. The third kappa shape index (κ3) is 9.22. The molecule has 1 aliphatic heterocycles. The molecule has 0 aromatic carbocycles. The highest BCUT2D eigenvalue weighted by Crippen LogP contribution is 2.26. The molecule has 0 spiro atoms. The Morgan fingerprint density at radius 1 is 1.39 bits per heavy atom. The molecule has 0 aliphatic carbocycles. The summed E-state index contributed by atoms with van der Waals surface area (Å²) in [7, 11) is 2.27. The summed E-state index contributed by atoms with van der Waals surface area (Å²) in [6, 6.07) is 3.93. The number of aliphatic carboxylic acids is 2. The zero-order valence-corrected chi connectivity index (χ0v) is 14.3. The zero-order valence-electron chi connectivity index (χ0n) is 12.7. The summed E-state index contributed by atoms with van der Waals surface area (Å²) in [6.45, 7) is 2.57. The predicted molar refractivity (Wildman–Crippen MR) is 86.5 cm³/mol. The Morgan fingerprint density at radius 2 is 2.04 bits per heavy atom. The number of pyridine rings is 1. The van der Waals surface area contributed by atoms with E-state index >= 15 is 0 Å². The van der Waals surface area contributed by atoms with E-state index in [-0.39, 0.29) is 0 Å². The van der Waals surface area contributed by atoms with Gasteiger partial charge in [-0.15, -0.1) is 11.8 Å². The van der Waals surface area contributed by atoms with E-state index in [1.165, 1.54) is 25.9 Å². The van der Waals surface area contributed by atoms with Crippen LogP contribution in [0.15, 0.2) is 35.5 Å². The average molecular weight is 359 g/mol. The SMILES string of the molecule is C[NH+]1CCC(Sc2ccc(Cl)cn2)CC1.O=C([O-])/C=C/C(=O)O. The van der Waals surface area contributed by atoms with Crippen LogP contribution in [0.4, 0.5) is 0 Å². The van der Waals surface area contributed by atoms with Gasteiger partial charge in [0.25, 0.3) is 0 Å². The number of carboxylic acid groups (broad SMARTS) is 2. The number of likely N-dealkylation sites (tertiary alicyclic amines) is 1. The second-order valence-corrected chi connectivity index (χ2v) is 6.84. The van der Waals surface area contributed by atoms with Crippen molar-refractivity contribution in [3.8, 4) is 0 Å². The van der Waals surface area contributed by atoms with Gasteiger partial charge in [0.15, 0.2) is 0 Å². The van der Waals surface area contributed by atoms with E-state index in [0.717, 1.165) is 10.3 Å². The molecule has 23 heavy (non-hydrogen) atoms. The molecule has 126 valence electrons. The van der Waals surface area contributed by atoms with Crippen molar-refractivity contribution < 1.29 is 24.7 Å².